The summed E-state index contributed by atoms with van der Waals surface area (Å²) >= 11 is 0. The summed E-state index contributed by atoms with van der Waals surface area (Å²) in [6.45, 7) is 2.37. The van der Waals surface area contributed by atoms with Crippen LogP contribution in [0.1, 0.15) is 136 Å². The molecule has 0 saturated heterocycles. The van der Waals surface area contributed by atoms with Gasteiger partial charge in [0.1, 0.15) is 12.6 Å². The number of rotatable bonds is 35. The Balaban J connectivity index is 4.56. The number of carbonyl (C=O) groups is 3. The number of nitrogens with two attached hydrogens (primary N) is 1. The number of ether oxygens (including phenoxy) is 2. The van der Waals surface area contributed by atoms with Gasteiger partial charge in [0.15, 0.2) is 6.10 Å². The molecule has 0 bridgehead atoms. The van der Waals surface area contributed by atoms with Crippen LogP contribution in [0.25, 0.3) is 0 Å². The van der Waals surface area contributed by atoms with Crippen LogP contribution in [0.15, 0.2) is 60.8 Å². The average Bonchev–Trinajstić information content (AvgIpc) is 3.13. The minimum Gasteiger partial charge on any atom is -0.480 e. The van der Waals surface area contributed by atoms with Gasteiger partial charge in [-0.05, 0) is 44.9 Å². The molecule has 4 atom stereocenters. The normalized spacial score (nSPS) is 15.1. The number of allylic oxidation sites excluding steroid dienone is 9. The standard InChI is InChI=1S/C40H68NO11P/c1-3-5-6-7-8-9-14-18-21-24-27-30-38(43)49-32-36(33-50-53(47,48)51-34-37(41)40(45)46)52-39(44)31-28-25-22-19-16-13-11-10-12-15-17-20-23-26-29-35(42)4-2/h11-13,15,19-20,22-23,26,29,35-37,42H,3-10,14,16-18,21,24-25,27-28,30-34,41H2,1-2H3,(H,45,46)(H,47,48)/b13-11-,15-12-,22-19-,23-20-,29-26+/t35-,36-,37+/m1/s1. The molecule has 0 radical (unpaired) electrons. The number of esters is 2. The largest absolute Gasteiger partial charge is 0.480 e. The molecule has 0 heterocycles. The smallest absolute Gasteiger partial charge is 0.472 e. The highest BCUT2D eigenvalue weighted by molar-refractivity contribution is 7.47. The molecule has 1 unspecified atom stereocenters. The molecule has 0 spiro atoms. The van der Waals surface area contributed by atoms with Gasteiger partial charge in [0.2, 0.25) is 0 Å². The lowest BCUT2D eigenvalue weighted by atomic mass is 10.1. The van der Waals surface area contributed by atoms with Crippen molar-refractivity contribution in [3.8, 4) is 0 Å². The molecule has 0 fully saturated rings. The number of unbranched alkanes of at least 4 members (excludes halogenated alkanes) is 11. The van der Waals surface area contributed by atoms with Crippen molar-refractivity contribution in [2.75, 3.05) is 19.8 Å². The van der Waals surface area contributed by atoms with Crippen molar-refractivity contribution in [3.05, 3.63) is 60.8 Å². The topological polar surface area (TPSA) is 192 Å². The number of aliphatic hydroxyl groups is 1. The van der Waals surface area contributed by atoms with Gasteiger partial charge in [-0.25, -0.2) is 4.57 Å². The zero-order chi connectivity index (χ0) is 39.4. The van der Waals surface area contributed by atoms with Crippen molar-refractivity contribution in [2.24, 2.45) is 5.73 Å². The van der Waals surface area contributed by atoms with E-state index in [0.29, 0.717) is 25.7 Å². The average molecular weight is 770 g/mol. The Morgan fingerprint density at radius 1 is 0.679 bits per heavy atom. The van der Waals surface area contributed by atoms with Gasteiger partial charge in [-0.1, -0.05) is 139 Å². The first-order valence-electron chi connectivity index (χ1n) is 19.4. The van der Waals surface area contributed by atoms with Crippen LogP contribution in [0.3, 0.4) is 0 Å². The summed E-state index contributed by atoms with van der Waals surface area (Å²) in [5, 5.41) is 18.3. The number of phosphoric acid groups is 1. The number of phosphoric ester groups is 1. The first-order valence-corrected chi connectivity index (χ1v) is 20.9. The Morgan fingerprint density at radius 3 is 1.79 bits per heavy atom. The third-order valence-corrected chi connectivity index (χ3v) is 8.89. The zero-order valence-electron chi connectivity index (χ0n) is 32.2. The molecule has 0 aliphatic rings. The maximum atomic E-state index is 12.5. The van der Waals surface area contributed by atoms with Gasteiger partial charge in [-0.15, -0.1) is 0 Å². The van der Waals surface area contributed by atoms with Gasteiger partial charge >= 0.3 is 25.7 Å². The number of aliphatic hydroxyl groups excluding tert-OH is 1. The molecule has 304 valence electrons. The summed E-state index contributed by atoms with van der Waals surface area (Å²) in [6.07, 6.45) is 35.4. The van der Waals surface area contributed by atoms with Crippen molar-refractivity contribution < 1.29 is 52.6 Å². The Hall–Kier alpha value is -2.86. The summed E-state index contributed by atoms with van der Waals surface area (Å²) in [4.78, 5) is 45.7. The van der Waals surface area contributed by atoms with Crippen LogP contribution in [0, 0.1) is 0 Å². The van der Waals surface area contributed by atoms with Crippen LogP contribution in [-0.2, 0) is 37.5 Å². The fourth-order valence-corrected chi connectivity index (χ4v) is 5.48. The Bertz CT molecular complexity index is 1150. The second-order valence-electron chi connectivity index (χ2n) is 12.9. The molecule has 0 amide bonds. The Kier molecular flexibility index (Phi) is 33.0. The maximum Gasteiger partial charge on any atom is 0.472 e. The van der Waals surface area contributed by atoms with Crippen LogP contribution in [0.5, 0.6) is 0 Å². The first-order chi connectivity index (χ1) is 25.5. The van der Waals surface area contributed by atoms with E-state index < -0.39 is 57.2 Å². The number of aliphatic carboxylic acids is 1. The van der Waals surface area contributed by atoms with E-state index in [1.807, 2.05) is 37.3 Å². The molecule has 0 rings (SSSR count). The molecular formula is C40H68NO11P. The van der Waals surface area contributed by atoms with Gasteiger partial charge in [0, 0.05) is 12.8 Å². The van der Waals surface area contributed by atoms with Crippen LogP contribution < -0.4 is 5.73 Å². The van der Waals surface area contributed by atoms with Gasteiger partial charge in [0.05, 0.1) is 19.3 Å². The zero-order valence-corrected chi connectivity index (χ0v) is 33.1. The second-order valence-corrected chi connectivity index (χ2v) is 14.3. The molecule has 53 heavy (non-hydrogen) atoms. The summed E-state index contributed by atoms with van der Waals surface area (Å²) in [6, 6.07) is -1.54. The lowest BCUT2D eigenvalue weighted by Gasteiger charge is -2.20. The Labute approximate surface area is 318 Å². The Morgan fingerprint density at radius 2 is 1.21 bits per heavy atom. The van der Waals surface area contributed by atoms with Crippen molar-refractivity contribution in [1.82, 2.24) is 0 Å². The number of hydrogen-bond donors (Lipinski definition) is 4. The van der Waals surface area contributed by atoms with Gasteiger partial charge < -0.3 is 30.3 Å². The first kappa shape index (κ1) is 50.1. The molecule has 0 saturated carbocycles. The summed E-state index contributed by atoms with van der Waals surface area (Å²) in [5.74, 6) is -2.49. The lowest BCUT2D eigenvalue weighted by Crippen LogP contribution is -2.34. The molecule has 0 aromatic carbocycles. The van der Waals surface area contributed by atoms with E-state index in [0.717, 1.165) is 38.5 Å². The van der Waals surface area contributed by atoms with Crippen molar-refractivity contribution in [2.45, 2.75) is 154 Å². The van der Waals surface area contributed by atoms with Crippen molar-refractivity contribution >= 4 is 25.7 Å². The number of carboxylic acid groups (broad SMARTS) is 1. The monoisotopic (exact) mass is 769 g/mol. The molecule has 0 aliphatic heterocycles. The van der Waals surface area contributed by atoms with Crippen LogP contribution in [0.2, 0.25) is 0 Å². The third-order valence-electron chi connectivity index (χ3n) is 7.94. The van der Waals surface area contributed by atoms with Gasteiger partial charge in [0.25, 0.3) is 0 Å². The van der Waals surface area contributed by atoms with Gasteiger partial charge in [-0.3, -0.25) is 23.4 Å². The fourth-order valence-electron chi connectivity index (χ4n) is 4.70. The van der Waals surface area contributed by atoms with E-state index in [1.54, 1.807) is 6.08 Å². The third kappa shape index (κ3) is 34.6. The van der Waals surface area contributed by atoms with E-state index in [4.69, 9.17) is 24.8 Å². The molecule has 13 heteroatoms. The van der Waals surface area contributed by atoms with Crippen LogP contribution in [-0.4, -0.2) is 71.1 Å². The van der Waals surface area contributed by atoms with E-state index >= 15 is 0 Å². The minimum absolute atomic E-state index is 0.0678. The highest BCUT2D eigenvalue weighted by Gasteiger charge is 2.28. The second kappa shape index (κ2) is 34.9. The number of carbonyl (C=O) groups excluding carboxylic acids is 2. The SMILES string of the molecule is CCCCCCCCCCCCCC(=O)OC[C@H](COP(=O)(O)OC[C@H](N)C(=O)O)OC(=O)CCC/C=C\C/C=C\C/C=C\C/C=C\C=C\[C@H](O)CC. The molecule has 0 aromatic heterocycles. The summed E-state index contributed by atoms with van der Waals surface area (Å²) in [7, 11) is -4.73. The highest BCUT2D eigenvalue weighted by atomic mass is 31.2. The highest BCUT2D eigenvalue weighted by Crippen LogP contribution is 2.43. The van der Waals surface area contributed by atoms with E-state index in [2.05, 4.69) is 35.8 Å². The predicted molar refractivity (Wildman–Crippen MR) is 209 cm³/mol. The van der Waals surface area contributed by atoms with Gasteiger partial charge in [-0.2, -0.15) is 0 Å². The fraction of sp³-hybridized carbons (Fsp3) is 0.675. The minimum atomic E-state index is -4.73. The van der Waals surface area contributed by atoms with E-state index in [9.17, 15) is 28.9 Å². The number of carboxylic acids is 1. The van der Waals surface area contributed by atoms with Crippen LogP contribution in [0.4, 0.5) is 0 Å². The lowest BCUT2D eigenvalue weighted by molar-refractivity contribution is -0.161. The number of hydrogen-bond acceptors (Lipinski definition) is 10. The van der Waals surface area contributed by atoms with E-state index in [1.165, 1.54) is 44.9 Å². The van der Waals surface area contributed by atoms with Crippen molar-refractivity contribution in [3.63, 3.8) is 0 Å². The van der Waals surface area contributed by atoms with Crippen molar-refractivity contribution in [1.29, 1.82) is 0 Å². The van der Waals surface area contributed by atoms with E-state index in [-0.39, 0.29) is 19.4 Å². The molecule has 0 aromatic rings. The quantitative estimate of drug-likeness (QED) is 0.0158. The predicted octanol–water partition coefficient (Wildman–Crippen LogP) is 8.58. The molecular weight excluding hydrogens is 701 g/mol. The summed E-state index contributed by atoms with van der Waals surface area (Å²) < 4.78 is 32.5. The molecule has 12 nitrogen and oxygen atoms in total. The maximum absolute atomic E-state index is 12.5. The van der Waals surface area contributed by atoms with Crippen LogP contribution >= 0.6 is 7.82 Å². The summed E-state index contributed by atoms with van der Waals surface area (Å²) in [5.41, 5.74) is 5.31. The molecule has 5 N–H and O–H groups in total. The molecule has 0 aliphatic carbocycles.